The van der Waals surface area contributed by atoms with Gasteiger partial charge in [-0.2, -0.15) is 0 Å². The summed E-state index contributed by atoms with van der Waals surface area (Å²) < 4.78 is 39.0. The smallest absolute Gasteiger partial charge is 0.214 e. The number of aliphatic hydroxyl groups excluding tert-OH is 3. The first-order chi connectivity index (χ1) is 19.7. The van der Waals surface area contributed by atoms with Gasteiger partial charge >= 0.3 is 0 Å². The van der Waals surface area contributed by atoms with E-state index < -0.39 is 46.8 Å². The number of ether oxygens (including phenoxy) is 2. The molecule has 0 aromatic heterocycles. The first-order valence-electron chi connectivity index (χ1n) is 14.3. The first-order valence-corrected chi connectivity index (χ1v) is 16.3. The third-order valence-electron chi connectivity index (χ3n) is 7.82. The quantitative estimate of drug-likeness (QED) is 0.253. The first kappa shape index (κ1) is 31.9. The molecule has 0 unspecified atom stereocenters. The molecular formula is C30H40ClNO8S. The van der Waals surface area contributed by atoms with Crippen molar-refractivity contribution in [3.05, 3.63) is 64.2 Å². The largest absolute Gasteiger partial charge is 0.494 e. The van der Waals surface area contributed by atoms with Crippen LogP contribution in [0.3, 0.4) is 0 Å². The number of Topliss-reactive ketones (excluding diaryl/α,β-unsaturated/α-hetero) is 1. The summed E-state index contributed by atoms with van der Waals surface area (Å²) in [5.74, 6) is 0.0631. The van der Waals surface area contributed by atoms with E-state index in [0.717, 1.165) is 68.2 Å². The summed E-state index contributed by atoms with van der Waals surface area (Å²) in [5, 5.41) is 29.8. The van der Waals surface area contributed by atoms with Crippen LogP contribution in [-0.4, -0.2) is 72.8 Å². The highest BCUT2D eigenvalue weighted by Crippen LogP contribution is 2.32. The highest BCUT2D eigenvalue weighted by molar-refractivity contribution is 7.90. The van der Waals surface area contributed by atoms with Crippen LogP contribution >= 0.6 is 11.6 Å². The Kier molecular flexibility index (Phi) is 11.6. The number of halogens is 1. The molecular weight excluding hydrogens is 570 g/mol. The molecule has 0 spiro atoms. The number of aliphatic hydroxyl groups is 3. The molecule has 2 aromatic carbocycles. The highest BCUT2D eigenvalue weighted by Gasteiger charge is 2.43. The predicted octanol–water partition coefficient (Wildman–Crippen LogP) is 3.46. The number of nitrogens with one attached hydrogen (secondary N) is 1. The van der Waals surface area contributed by atoms with E-state index in [1.165, 1.54) is 0 Å². The number of unbranched alkanes of at least 4 members (excludes halogenated alkanes) is 2. The summed E-state index contributed by atoms with van der Waals surface area (Å²) in [7, 11) is -3.21. The van der Waals surface area contributed by atoms with Crippen LogP contribution in [0.1, 0.15) is 74.2 Å². The highest BCUT2D eigenvalue weighted by atomic mass is 35.5. The molecule has 9 nitrogen and oxygen atoms in total. The Morgan fingerprint density at radius 3 is 2.44 bits per heavy atom. The van der Waals surface area contributed by atoms with Gasteiger partial charge in [0.25, 0.3) is 0 Å². The molecule has 1 aliphatic heterocycles. The number of benzene rings is 2. The molecule has 1 saturated carbocycles. The molecule has 226 valence electrons. The second kappa shape index (κ2) is 14.9. The predicted molar refractivity (Wildman–Crippen MR) is 156 cm³/mol. The van der Waals surface area contributed by atoms with Crippen molar-refractivity contribution in [2.24, 2.45) is 0 Å². The van der Waals surface area contributed by atoms with Crippen molar-refractivity contribution >= 4 is 27.4 Å². The minimum absolute atomic E-state index is 0.235. The van der Waals surface area contributed by atoms with Gasteiger partial charge in [-0.1, -0.05) is 55.1 Å². The van der Waals surface area contributed by atoms with Crippen LogP contribution in [0.25, 0.3) is 0 Å². The normalized spacial score (nSPS) is 24.0. The van der Waals surface area contributed by atoms with E-state index in [4.69, 9.17) is 21.1 Å². The standard InChI is InChI=1S/C30H40ClNO8S/c31-25-14-11-21(30-29(36)28(35)27(34)26(19-33)40-30)18-22(25)17-20-9-12-23(13-10-20)39-16-6-2-5-15-32-41(37,38)24-7-3-1-4-8-24/h9-14,18,24,26-28,30,32-35H,1-8,15-17,19H2/t26-,27-,28+,30+/m1/s1. The Morgan fingerprint density at radius 1 is 1.00 bits per heavy atom. The second-order valence-electron chi connectivity index (χ2n) is 10.9. The Morgan fingerprint density at radius 2 is 1.73 bits per heavy atom. The minimum Gasteiger partial charge on any atom is -0.494 e. The van der Waals surface area contributed by atoms with Crippen molar-refractivity contribution in [2.45, 2.75) is 87.5 Å². The van der Waals surface area contributed by atoms with Crippen molar-refractivity contribution < 1.29 is 38.0 Å². The van der Waals surface area contributed by atoms with Gasteiger partial charge in [0, 0.05) is 11.6 Å². The van der Waals surface area contributed by atoms with Crippen molar-refractivity contribution in [3.8, 4) is 5.75 Å². The molecule has 2 aromatic rings. The molecule has 4 rings (SSSR count). The molecule has 4 atom stereocenters. The number of carbonyl (C=O) groups is 1. The number of hydrogen-bond donors (Lipinski definition) is 4. The fourth-order valence-corrected chi connectivity index (χ4v) is 7.16. The van der Waals surface area contributed by atoms with E-state index in [2.05, 4.69) is 4.72 Å². The number of ketones is 1. The maximum atomic E-state index is 12.6. The van der Waals surface area contributed by atoms with E-state index in [1.54, 1.807) is 18.2 Å². The van der Waals surface area contributed by atoms with Crippen LogP contribution in [0.2, 0.25) is 5.02 Å². The SMILES string of the molecule is O=C1[C@H](c2ccc(Cl)c(Cc3ccc(OCCCCCNS(=O)(=O)C4CCCCC4)cc3)c2)O[C@H](CO)[C@@H](O)[C@@H]1O. The van der Waals surface area contributed by atoms with Crippen LogP contribution in [-0.2, 0) is 26.0 Å². The number of rotatable bonds is 13. The van der Waals surface area contributed by atoms with E-state index in [-0.39, 0.29) is 5.25 Å². The fraction of sp³-hybridized carbons (Fsp3) is 0.567. The fourth-order valence-electron chi connectivity index (χ4n) is 5.36. The lowest BCUT2D eigenvalue weighted by Gasteiger charge is -2.35. The van der Waals surface area contributed by atoms with Crippen molar-refractivity contribution in [1.82, 2.24) is 4.72 Å². The summed E-state index contributed by atoms with van der Waals surface area (Å²) >= 11 is 6.43. The average molecular weight is 610 g/mol. The van der Waals surface area contributed by atoms with Crippen LogP contribution in [0.15, 0.2) is 42.5 Å². The summed E-state index contributed by atoms with van der Waals surface area (Å²) in [6.45, 7) is 0.467. The van der Waals surface area contributed by atoms with Gasteiger partial charge in [-0.3, -0.25) is 4.79 Å². The molecule has 4 N–H and O–H groups in total. The minimum atomic E-state index is -3.21. The molecule has 1 heterocycles. The van der Waals surface area contributed by atoms with Gasteiger partial charge in [0.15, 0.2) is 5.78 Å². The summed E-state index contributed by atoms with van der Waals surface area (Å²) in [5.41, 5.74) is 2.22. The lowest BCUT2D eigenvalue weighted by molar-refractivity contribution is -0.189. The molecule has 0 radical (unpaired) electrons. The van der Waals surface area contributed by atoms with E-state index in [1.807, 2.05) is 24.3 Å². The molecule has 2 aliphatic rings. The molecule has 1 aliphatic carbocycles. The topological polar surface area (TPSA) is 142 Å². The lowest BCUT2D eigenvalue weighted by atomic mass is 9.91. The zero-order valence-corrected chi connectivity index (χ0v) is 24.7. The summed E-state index contributed by atoms with van der Waals surface area (Å²) in [6, 6.07) is 12.7. The van der Waals surface area contributed by atoms with Crippen molar-refractivity contribution in [2.75, 3.05) is 19.8 Å². The number of hydrogen-bond acceptors (Lipinski definition) is 8. The van der Waals surface area contributed by atoms with Crippen LogP contribution in [0.4, 0.5) is 0 Å². The van der Waals surface area contributed by atoms with Gasteiger partial charge in [0.05, 0.1) is 18.5 Å². The molecule has 41 heavy (non-hydrogen) atoms. The van der Waals surface area contributed by atoms with E-state index in [9.17, 15) is 28.5 Å². The molecule has 1 saturated heterocycles. The molecule has 2 fully saturated rings. The third-order valence-corrected chi connectivity index (χ3v) is 10.1. The zero-order chi connectivity index (χ0) is 29.4. The molecule has 11 heteroatoms. The van der Waals surface area contributed by atoms with Crippen LogP contribution in [0.5, 0.6) is 5.75 Å². The maximum Gasteiger partial charge on any atom is 0.214 e. The van der Waals surface area contributed by atoms with E-state index in [0.29, 0.717) is 30.2 Å². The van der Waals surface area contributed by atoms with Crippen molar-refractivity contribution in [3.63, 3.8) is 0 Å². The number of carbonyl (C=O) groups excluding carboxylic acids is 1. The third kappa shape index (κ3) is 8.50. The van der Waals surface area contributed by atoms with Gasteiger partial charge in [-0.25, -0.2) is 13.1 Å². The lowest BCUT2D eigenvalue weighted by Crippen LogP contribution is -2.53. The Bertz CT molecular complexity index is 1250. The second-order valence-corrected chi connectivity index (χ2v) is 13.3. The molecule has 0 amide bonds. The average Bonchev–Trinajstić information content (AvgIpc) is 2.98. The van der Waals surface area contributed by atoms with Gasteiger partial charge in [-0.05, 0) is 73.4 Å². The van der Waals surface area contributed by atoms with Crippen LogP contribution < -0.4 is 9.46 Å². The van der Waals surface area contributed by atoms with Crippen molar-refractivity contribution in [1.29, 1.82) is 0 Å². The zero-order valence-electron chi connectivity index (χ0n) is 23.1. The summed E-state index contributed by atoms with van der Waals surface area (Å²) in [4.78, 5) is 12.6. The maximum absolute atomic E-state index is 12.6. The van der Waals surface area contributed by atoms with Gasteiger partial charge in [-0.15, -0.1) is 0 Å². The van der Waals surface area contributed by atoms with Crippen LogP contribution in [0, 0.1) is 0 Å². The summed E-state index contributed by atoms with van der Waals surface area (Å²) in [6.07, 6.45) is 2.27. The molecule has 0 bridgehead atoms. The van der Waals surface area contributed by atoms with Gasteiger partial charge in [0.1, 0.15) is 30.2 Å². The van der Waals surface area contributed by atoms with Gasteiger partial charge < -0.3 is 24.8 Å². The Hall–Kier alpha value is -2.05. The van der Waals surface area contributed by atoms with E-state index >= 15 is 0 Å². The monoisotopic (exact) mass is 609 g/mol. The Labute approximate surface area is 246 Å². The van der Waals surface area contributed by atoms with Gasteiger partial charge in [0.2, 0.25) is 10.0 Å². The Balaban J connectivity index is 1.22. The number of sulfonamides is 1.